The summed E-state index contributed by atoms with van der Waals surface area (Å²) < 4.78 is 11.7. The molecule has 224 valence electrons. The minimum absolute atomic E-state index is 0.0411. The van der Waals surface area contributed by atoms with Crippen molar-refractivity contribution in [1.82, 2.24) is 25.0 Å². The fourth-order valence-electron chi connectivity index (χ4n) is 5.15. The average Bonchev–Trinajstić information content (AvgIpc) is 3.58. The van der Waals surface area contributed by atoms with E-state index < -0.39 is 24.1 Å². The Bertz CT molecular complexity index is 1220. The first-order valence-electron chi connectivity index (χ1n) is 14.4. The molecular formula is C30H43N5O6. The maximum absolute atomic E-state index is 13.7. The van der Waals surface area contributed by atoms with Gasteiger partial charge in [0.25, 0.3) is 5.91 Å². The van der Waals surface area contributed by atoms with Crippen LogP contribution in [0.25, 0.3) is 0 Å². The van der Waals surface area contributed by atoms with E-state index in [1.807, 2.05) is 34.7 Å². The minimum Gasteiger partial charge on any atom is -0.483 e. The van der Waals surface area contributed by atoms with E-state index >= 15 is 0 Å². The third kappa shape index (κ3) is 7.45. The topological polar surface area (TPSA) is 128 Å². The molecule has 2 N–H and O–H groups in total. The number of amides is 3. The van der Waals surface area contributed by atoms with Crippen molar-refractivity contribution in [1.29, 1.82) is 0 Å². The number of hydrogen-bond donors (Lipinski definition) is 2. The number of piperazine rings is 1. The van der Waals surface area contributed by atoms with E-state index in [1.54, 1.807) is 35.4 Å². The SMILES string of the molecule is CCC[C@@H](NC(=O)c1ccccc1OCc1ncc(C(C)(C)C)o1)C(=O)N1C[C@@H](O)C[C@@H]1C(=O)N1CCN(C)CC1. The second-order valence-corrected chi connectivity index (χ2v) is 12.0. The number of nitrogens with zero attached hydrogens (tertiary/aromatic N) is 4. The molecule has 0 radical (unpaired) electrons. The smallest absolute Gasteiger partial charge is 0.255 e. The van der Waals surface area contributed by atoms with Crippen molar-refractivity contribution < 1.29 is 28.6 Å². The number of nitrogens with one attached hydrogen (secondary N) is 1. The van der Waals surface area contributed by atoms with E-state index in [9.17, 15) is 19.5 Å². The highest BCUT2D eigenvalue weighted by Crippen LogP contribution is 2.26. The van der Waals surface area contributed by atoms with Crippen molar-refractivity contribution in [2.45, 2.75) is 77.2 Å². The summed E-state index contributed by atoms with van der Waals surface area (Å²) in [6.07, 6.45) is 2.11. The van der Waals surface area contributed by atoms with Crippen molar-refractivity contribution in [2.24, 2.45) is 0 Å². The van der Waals surface area contributed by atoms with Crippen LogP contribution in [-0.2, 0) is 21.6 Å². The fourth-order valence-corrected chi connectivity index (χ4v) is 5.15. The molecule has 0 bridgehead atoms. The van der Waals surface area contributed by atoms with E-state index in [2.05, 4.69) is 15.2 Å². The number of hydrogen-bond acceptors (Lipinski definition) is 8. The Morgan fingerprint density at radius 3 is 2.54 bits per heavy atom. The third-order valence-electron chi connectivity index (χ3n) is 7.62. The van der Waals surface area contributed by atoms with Crippen LogP contribution in [0.15, 0.2) is 34.9 Å². The lowest BCUT2D eigenvalue weighted by atomic mass is 9.94. The van der Waals surface area contributed by atoms with Crippen molar-refractivity contribution in [3.8, 4) is 5.75 Å². The number of aromatic nitrogens is 1. The molecule has 3 atom stereocenters. The molecule has 11 heteroatoms. The Kier molecular flexibility index (Phi) is 9.70. The Hall–Kier alpha value is -3.44. The van der Waals surface area contributed by atoms with E-state index in [0.29, 0.717) is 37.6 Å². The van der Waals surface area contributed by atoms with Gasteiger partial charge in [-0.3, -0.25) is 14.4 Å². The zero-order valence-corrected chi connectivity index (χ0v) is 24.8. The summed E-state index contributed by atoms with van der Waals surface area (Å²) in [6.45, 7) is 10.8. The predicted octanol–water partition coefficient (Wildman–Crippen LogP) is 2.19. The maximum Gasteiger partial charge on any atom is 0.255 e. The number of aliphatic hydroxyl groups is 1. The van der Waals surface area contributed by atoms with Crippen LogP contribution in [0.4, 0.5) is 0 Å². The largest absolute Gasteiger partial charge is 0.483 e. The number of benzene rings is 1. The number of carbonyl (C=O) groups is 3. The molecule has 11 nitrogen and oxygen atoms in total. The van der Waals surface area contributed by atoms with Crippen molar-refractivity contribution in [3.63, 3.8) is 0 Å². The average molecular weight is 570 g/mol. The number of β-amino-alcohol motifs (C(OH)–C–C–N with tert-alkyl or cyclic N) is 1. The van der Waals surface area contributed by atoms with E-state index in [-0.39, 0.29) is 42.4 Å². The second-order valence-electron chi connectivity index (χ2n) is 12.0. The van der Waals surface area contributed by atoms with Gasteiger partial charge < -0.3 is 34.3 Å². The zero-order valence-electron chi connectivity index (χ0n) is 24.8. The highest BCUT2D eigenvalue weighted by atomic mass is 16.5. The minimum atomic E-state index is -0.852. The van der Waals surface area contributed by atoms with Crippen LogP contribution in [0.3, 0.4) is 0 Å². The Labute approximate surface area is 241 Å². The molecule has 2 fully saturated rings. The lowest BCUT2D eigenvalue weighted by molar-refractivity contribution is -0.145. The number of carbonyl (C=O) groups excluding carboxylic acids is 3. The fraction of sp³-hybridized carbons (Fsp3) is 0.600. The van der Waals surface area contributed by atoms with Gasteiger partial charge in [-0.15, -0.1) is 0 Å². The van der Waals surface area contributed by atoms with E-state index in [4.69, 9.17) is 9.15 Å². The van der Waals surface area contributed by atoms with Crippen LogP contribution >= 0.6 is 0 Å². The number of para-hydroxylation sites is 1. The second kappa shape index (κ2) is 13.0. The highest BCUT2D eigenvalue weighted by molar-refractivity contribution is 6.00. The van der Waals surface area contributed by atoms with Crippen LogP contribution in [0.2, 0.25) is 0 Å². The standard InChI is InChI=1S/C30H43N5O6/c1-6-9-22(28(38)35-18-20(36)16-23(35)29(39)34-14-12-33(5)13-15-34)32-27(37)21-10-7-8-11-24(21)40-19-26-31-17-25(41-26)30(2,3)4/h7-8,10-11,17,20,22-23,36H,6,9,12-16,18-19H2,1-5H3,(H,32,37)/t20-,22+,23+/m0/s1. The first kappa shape index (κ1) is 30.5. The first-order chi connectivity index (χ1) is 19.5. The number of ether oxygens (including phenoxy) is 1. The molecule has 2 aromatic rings. The highest BCUT2D eigenvalue weighted by Gasteiger charge is 2.43. The van der Waals surface area contributed by atoms with Crippen molar-refractivity contribution in [2.75, 3.05) is 39.8 Å². The summed E-state index contributed by atoms with van der Waals surface area (Å²) in [5.41, 5.74) is 0.0825. The van der Waals surface area contributed by atoms with Gasteiger partial charge in [-0.05, 0) is 25.6 Å². The molecule has 0 spiro atoms. The van der Waals surface area contributed by atoms with E-state index in [0.717, 1.165) is 18.8 Å². The first-order valence-corrected chi connectivity index (χ1v) is 14.4. The molecular weight excluding hydrogens is 526 g/mol. The molecule has 0 unspecified atom stereocenters. The predicted molar refractivity (Wildman–Crippen MR) is 152 cm³/mol. The van der Waals surface area contributed by atoms with Crippen LogP contribution in [0.5, 0.6) is 5.75 Å². The van der Waals surface area contributed by atoms with Crippen molar-refractivity contribution >= 4 is 17.7 Å². The van der Waals surface area contributed by atoms with Gasteiger partial charge in [0, 0.05) is 44.6 Å². The summed E-state index contributed by atoms with van der Waals surface area (Å²) in [4.78, 5) is 50.2. The van der Waals surface area contributed by atoms with Gasteiger partial charge in [-0.25, -0.2) is 4.98 Å². The summed E-state index contributed by atoms with van der Waals surface area (Å²) in [6, 6.07) is 5.20. The van der Waals surface area contributed by atoms with Crippen molar-refractivity contribution in [3.05, 3.63) is 47.7 Å². The molecule has 4 rings (SSSR count). The number of likely N-dealkylation sites (tertiary alicyclic amines) is 1. The lowest BCUT2D eigenvalue weighted by Crippen LogP contribution is -2.56. The number of likely N-dealkylation sites (N-methyl/N-ethyl adjacent to an activating group) is 1. The maximum atomic E-state index is 13.7. The van der Waals surface area contributed by atoms with Gasteiger partial charge in [-0.2, -0.15) is 0 Å². The van der Waals surface area contributed by atoms with Gasteiger partial charge in [0.1, 0.15) is 23.6 Å². The molecule has 0 saturated carbocycles. The zero-order chi connectivity index (χ0) is 29.7. The van der Waals surface area contributed by atoms with Crippen LogP contribution in [0.1, 0.15) is 69.0 Å². The number of oxazole rings is 1. The summed E-state index contributed by atoms with van der Waals surface area (Å²) in [5.74, 6) is 0.494. The lowest BCUT2D eigenvalue weighted by Gasteiger charge is -2.36. The summed E-state index contributed by atoms with van der Waals surface area (Å²) in [5, 5.41) is 13.3. The number of aliphatic hydroxyl groups excluding tert-OH is 1. The van der Waals surface area contributed by atoms with Gasteiger partial charge in [0.15, 0.2) is 6.61 Å². The molecule has 2 aliphatic heterocycles. The molecule has 41 heavy (non-hydrogen) atoms. The Morgan fingerprint density at radius 1 is 1.17 bits per heavy atom. The Balaban J connectivity index is 1.45. The molecule has 1 aromatic carbocycles. The molecule has 3 heterocycles. The molecule has 2 saturated heterocycles. The van der Waals surface area contributed by atoms with Gasteiger partial charge in [0.05, 0.1) is 17.9 Å². The molecule has 1 aromatic heterocycles. The van der Waals surface area contributed by atoms with Gasteiger partial charge in [0.2, 0.25) is 17.7 Å². The van der Waals surface area contributed by atoms with Crippen LogP contribution < -0.4 is 10.1 Å². The molecule has 0 aliphatic carbocycles. The Morgan fingerprint density at radius 2 is 1.88 bits per heavy atom. The molecule has 3 amide bonds. The summed E-state index contributed by atoms with van der Waals surface area (Å²) in [7, 11) is 2.01. The third-order valence-corrected chi connectivity index (χ3v) is 7.62. The van der Waals surface area contributed by atoms with Crippen LogP contribution in [-0.4, -0.2) is 100 Å². The van der Waals surface area contributed by atoms with Gasteiger partial charge >= 0.3 is 0 Å². The van der Waals surface area contributed by atoms with Crippen LogP contribution in [0, 0.1) is 0 Å². The quantitative estimate of drug-likeness (QED) is 0.470. The van der Waals surface area contributed by atoms with Gasteiger partial charge in [-0.1, -0.05) is 46.2 Å². The van der Waals surface area contributed by atoms with E-state index in [1.165, 1.54) is 4.90 Å². The normalized spacial score (nSPS) is 20.6. The summed E-state index contributed by atoms with van der Waals surface area (Å²) >= 11 is 0. The monoisotopic (exact) mass is 569 g/mol. The number of rotatable bonds is 9. The molecule has 2 aliphatic rings.